The maximum atomic E-state index is 11.1. The van der Waals surface area contributed by atoms with Crippen LogP contribution in [0.5, 0.6) is 0 Å². The molecule has 2 aromatic rings. The zero-order valence-corrected chi connectivity index (χ0v) is 15.3. The standard InChI is InChI=1S/C17H19N3O2.HI/c1-3-20(4-2)14-11-9-13(10-12-14)18-19-16-8-6-5-7-15(16)17(21)22;/h5-12H,3-4H2,1-2H3,(H,21,22);1H/p-1. The van der Waals surface area contributed by atoms with Crippen LogP contribution in [0.1, 0.15) is 24.2 Å². The van der Waals surface area contributed by atoms with Crippen molar-refractivity contribution < 1.29 is 33.9 Å². The highest BCUT2D eigenvalue weighted by Gasteiger charge is 2.08. The van der Waals surface area contributed by atoms with Crippen molar-refractivity contribution in [3.05, 3.63) is 54.1 Å². The van der Waals surface area contributed by atoms with Gasteiger partial charge in [-0.05, 0) is 50.2 Å². The lowest BCUT2D eigenvalue weighted by Gasteiger charge is -2.20. The molecule has 0 aliphatic carbocycles. The predicted octanol–water partition coefficient (Wildman–Crippen LogP) is 1.65. The molecule has 0 saturated carbocycles. The molecule has 0 bridgehead atoms. The summed E-state index contributed by atoms with van der Waals surface area (Å²) in [6, 6.07) is 14.3. The van der Waals surface area contributed by atoms with E-state index in [2.05, 4.69) is 29.0 Å². The largest absolute Gasteiger partial charge is 1.00 e. The summed E-state index contributed by atoms with van der Waals surface area (Å²) in [5, 5.41) is 17.3. The Bertz CT molecular complexity index is 668. The average molecular weight is 424 g/mol. The minimum absolute atomic E-state index is 0. The smallest absolute Gasteiger partial charge is 0.337 e. The van der Waals surface area contributed by atoms with Crippen molar-refractivity contribution in [1.82, 2.24) is 0 Å². The number of rotatable bonds is 6. The van der Waals surface area contributed by atoms with Crippen LogP contribution in [0.2, 0.25) is 0 Å². The van der Waals surface area contributed by atoms with E-state index in [4.69, 9.17) is 5.11 Å². The third-order valence-corrected chi connectivity index (χ3v) is 3.39. The van der Waals surface area contributed by atoms with Gasteiger partial charge in [-0.2, -0.15) is 5.11 Å². The first kappa shape index (κ1) is 19.1. The van der Waals surface area contributed by atoms with E-state index in [-0.39, 0.29) is 29.5 Å². The molecule has 0 amide bonds. The highest BCUT2D eigenvalue weighted by atomic mass is 127. The lowest BCUT2D eigenvalue weighted by Crippen LogP contribution is -3.00. The molecule has 0 heterocycles. The fraction of sp³-hybridized carbons (Fsp3) is 0.235. The SMILES string of the molecule is CCN(CC)c1ccc(N=Nc2ccccc2C(=O)O)cc1.[I-]. The van der Waals surface area contributed by atoms with E-state index in [0.29, 0.717) is 11.4 Å². The van der Waals surface area contributed by atoms with Crippen LogP contribution in [0.4, 0.5) is 17.1 Å². The summed E-state index contributed by atoms with van der Waals surface area (Å²) in [6.07, 6.45) is 0. The molecule has 1 N–H and O–H groups in total. The molecule has 122 valence electrons. The lowest BCUT2D eigenvalue weighted by atomic mass is 10.2. The van der Waals surface area contributed by atoms with Gasteiger partial charge in [0.2, 0.25) is 0 Å². The van der Waals surface area contributed by atoms with E-state index in [0.717, 1.165) is 18.8 Å². The van der Waals surface area contributed by atoms with Gasteiger partial charge in [0.05, 0.1) is 11.3 Å². The molecule has 0 aliphatic heterocycles. The van der Waals surface area contributed by atoms with Crippen LogP contribution in [0.25, 0.3) is 0 Å². The molecule has 2 rings (SSSR count). The maximum Gasteiger partial charge on any atom is 0.337 e. The second-order valence-corrected chi connectivity index (χ2v) is 4.71. The molecule has 5 nitrogen and oxygen atoms in total. The maximum absolute atomic E-state index is 11.1. The minimum atomic E-state index is -1.01. The van der Waals surface area contributed by atoms with Gasteiger partial charge in [-0.3, -0.25) is 0 Å². The van der Waals surface area contributed by atoms with Gasteiger partial charge in [0, 0.05) is 18.8 Å². The second kappa shape index (κ2) is 9.24. The van der Waals surface area contributed by atoms with Gasteiger partial charge >= 0.3 is 5.97 Å². The molecule has 0 atom stereocenters. The van der Waals surface area contributed by atoms with Crippen LogP contribution in [-0.2, 0) is 0 Å². The number of hydrogen-bond donors (Lipinski definition) is 1. The van der Waals surface area contributed by atoms with E-state index < -0.39 is 5.97 Å². The summed E-state index contributed by atoms with van der Waals surface area (Å²) in [7, 11) is 0. The van der Waals surface area contributed by atoms with Gasteiger partial charge in [0.1, 0.15) is 5.69 Å². The number of azo groups is 1. The Morgan fingerprint density at radius 3 is 2.17 bits per heavy atom. The van der Waals surface area contributed by atoms with Crippen molar-refractivity contribution in [3.63, 3.8) is 0 Å². The quantitative estimate of drug-likeness (QED) is 0.567. The number of carboxylic acid groups (broad SMARTS) is 1. The van der Waals surface area contributed by atoms with Crippen molar-refractivity contribution >= 4 is 23.0 Å². The van der Waals surface area contributed by atoms with Crippen LogP contribution in [0, 0.1) is 0 Å². The number of carbonyl (C=O) groups is 1. The lowest BCUT2D eigenvalue weighted by molar-refractivity contribution is -0.0000202. The molecule has 23 heavy (non-hydrogen) atoms. The van der Waals surface area contributed by atoms with E-state index >= 15 is 0 Å². The summed E-state index contributed by atoms with van der Waals surface area (Å²) in [6.45, 7) is 6.12. The van der Waals surface area contributed by atoms with Gasteiger partial charge in [0.15, 0.2) is 0 Å². The van der Waals surface area contributed by atoms with Crippen LogP contribution in [0.15, 0.2) is 58.8 Å². The van der Waals surface area contributed by atoms with Crippen LogP contribution in [0.3, 0.4) is 0 Å². The molecule has 0 fully saturated rings. The number of hydrogen-bond acceptors (Lipinski definition) is 4. The molecule has 6 heteroatoms. The molecular formula is C17H19IN3O2-. The Hall–Kier alpha value is -1.96. The third kappa shape index (κ3) is 5.02. The monoisotopic (exact) mass is 424 g/mol. The zero-order valence-electron chi connectivity index (χ0n) is 13.1. The minimum Gasteiger partial charge on any atom is -1.00 e. The highest BCUT2D eigenvalue weighted by Crippen LogP contribution is 2.24. The normalized spacial score (nSPS) is 10.3. The molecule has 0 saturated heterocycles. The first-order valence-corrected chi connectivity index (χ1v) is 7.24. The van der Waals surface area contributed by atoms with Gasteiger partial charge in [0.25, 0.3) is 0 Å². The first-order chi connectivity index (χ1) is 10.7. The summed E-state index contributed by atoms with van der Waals surface area (Å²) in [5.41, 5.74) is 2.32. The van der Waals surface area contributed by atoms with Gasteiger partial charge in [-0.1, -0.05) is 12.1 Å². The van der Waals surface area contributed by atoms with Crippen molar-refractivity contribution in [2.45, 2.75) is 13.8 Å². The summed E-state index contributed by atoms with van der Waals surface area (Å²) >= 11 is 0. The molecule has 0 aromatic heterocycles. The van der Waals surface area contributed by atoms with Crippen molar-refractivity contribution in [3.8, 4) is 0 Å². The average Bonchev–Trinajstić information content (AvgIpc) is 2.55. The number of benzene rings is 2. The van der Waals surface area contributed by atoms with Crippen molar-refractivity contribution in [1.29, 1.82) is 0 Å². The van der Waals surface area contributed by atoms with Crippen LogP contribution in [-0.4, -0.2) is 24.2 Å². The van der Waals surface area contributed by atoms with Gasteiger partial charge < -0.3 is 34.0 Å². The van der Waals surface area contributed by atoms with Crippen LogP contribution >= 0.6 is 0 Å². The van der Waals surface area contributed by atoms with E-state index in [1.165, 1.54) is 6.07 Å². The van der Waals surface area contributed by atoms with E-state index in [1.54, 1.807) is 18.2 Å². The molecule has 0 spiro atoms. The topological polar surface area (TPSA) is 65.3 Å². The molecule has 0 unspecified atom stereocenters. The predicted molar refractivity (Wildman–Crippen MR) is 87.6 cm³/mol. The van der Waals surface area contributed by atoms with Crippen molar-refractivity contribution in [2.24, 2.45) is 10.2 Å². The number of nitrogens with zero attached hydrogens (tertiary/aromatic N) is 3. The van der Waals surface area contributed by atoms with Gasteiger partial charge in [-0.15, -0.1) is 5.11 Å². The number of aromatic carboxylic acids is 1. The number of carboxylic acids is 1. The molecular weight excluding hydrogens is 405 g/mol. The Balaban J connectivity index is 0.00000264. The molecule has 2 aromatic carbocycles. The first-order valence-electron chi connectivity index (χ1n) is 7.24. The summed E-state index contributed by atoms with van der Waals surface area (Å²) in [5.74, 6) is -1.01. The second-order valence-electron chi connectivity index (χ2n) is 4.71. The van der Waals surface area contributed by atoms with E-state index in [9.17, 15) is 4.79 Å². The highest BCUT2D eigenvalue weighted by molar-refractivity contribution is 5.93. The Kier molecular flexibility index (Phi) is 7.67. The zero-order chi connectivity index (χ0) is 15.9. The fourth-order valence-electron chi connectivity index (χ4n) is 2.17. The molecule has 0 aliphatic rings. The van der Waals surface area contributed by atoms with Crippen molar-refractivity contribution in [2.75, 3.05) is 18.0 Å². The summed E-state index contributed by atoms with van der Waals surface area (Å²) < 4.78 is 0. The number of anilines is 1. The fourth-order valence-corrected chi connectivity index (χ4v) is 2.17. The summed E-state index contributed by atoms with van der Waals surface area (Å²) in [4.78, 5) is 13.3. The third-order valence-electron chi connectivity index (χ3n) is 3.39. The van der Waals surface area contributed by atoms with Gasteiger partial charge in [-0.25, -0.2) is 4.79 Å². The van der Waals surface area contributed by atoms with E-state index in [1.807, 2.05) is 24.3 Å². The molecule has 0 radical (unpaired) electrons. The Morgan fingerprint density at radius 2 is 1.61 bits per heavy atom. The Labute approximate surface area is 153 Å². The number of halogens is 1. The Morgan fingerprint density at radius 1 is 1.00 bits per heavy atom. The van der Waals surface area contributed by atoms with Crippen LogP contribution < -0.4 is 28.9 Å².